The van der Waals surface area contributed by atoms with Gasteiger partial charge in [0.25, 0.3) is 0 Å². The number of hydrogen-bond donors (Lipinski definition) is 1. The zero-order valence-electron chi connectivity index (χ0n) is 12.8. The van der Waals surface area contributed by atoms with Crippen LogP contribution in [0.5, 0.6) is 0 Å². The Bertz CT molecular complexity index is 602. The molecule has 0 fully saturated rings. The van der Waals surface area contributed by atoms with Crippen LogP contribution in [0, 0.1) is 0 Å². The van der Waals surface area contributed by atoms with Crippen LogP contribution in [-0.4, -0.2) is 60.8 Å². The maximum absolute atomic E-state index is 12.9. The standard InChI is InChI=1S/C13H22N4O2S2/c1-5-17(10(2)9-16(3)4)21(18,19)11-7-6-8-15-12(11)13(14)20/h6-8,10H,5,9H2,1-4H3,(H2,14,20). The molecule has 0 aliphatic carbocycles. The van der Waals surface area contributed by atoms with Gasteiger partial charge in [-0.25, -0.2) is 8.42 Å². The molecule has 0 saturated heterocycles. The van der Waals surface area contributed by atoms with E-state index in [4.69, 9.17) is 18.0 Å². The van der Waals surface area contributed by atoms with E-state index in [2.05, 4.69) is 4.98 Å². The zero-order chi connectivity index (χ0) is 16.2. The lowest BCUT2D eigenvalue weighted by Gasteiger charge is -2.29. The fourth-order valence-electron chi connectivity index (χ4n) is 2.25. The van der Waals surface area contributed by atoms with Crippen LogP contribution in [0.4, 0.5) is 0 Å². The molecule has 0 amide bonds. The maximum Gasteiger partial charge on any atom is 0.245 e. The van der Waals surface area contributed by atoms with Crippen LogP contribution in [-0.2, 0) is 10.0 Å². The first-order valence-electron chi connectivity index (χ1n) is 6.63. The van der Waals surface area contributed by atoms with Crippen LogP contribution < -0.4 is 5.73 Å². The van der Waals surface area contributed by atoms with Crippen LogP contribution in [0.15, 0.2) is 23.2 Å². The van der Waals surface area contributed by atoms with Crippen molar-refractivity contribution in [3.63, 3.8) is 0 Å². The molecule has 21 heavy (non-hydrogen) atoms. The number of aromatic nitrogens is 1. The van der Waals surface area contributed by atoms with E-state index in [1.807, 2.05) is 25.9 Å². The van der Waals surface area contributed by atoms with Gasteiger partial charge in [0, 0.05) is 25.3 Å². The molecule has 0 radical (unpaired) electrons. The molecule has 6 nitrogen and oxygen atoms in total. The Balaban J connectivity index is 3.29. The molecule has 1 atom stereocenters. The van der Waals surface area contributed by atoms with Crippen LogP contribution in [0.25, 0.3) is 0 Å². The molecule has 0 bridgehead atoms. The largest absolute Gasteiger partial charge is 0.388 e. The summed E-state index contributed by atoms with van der Waals surface area (Å²) in [6, 6.07) is 2.88. The van der Waals surface area contributed by atoms with Crippen molar-refractivity contribution in [3.8, 4) is 0 Å². The van der Waals surface area contributed by atoms with Gasteiger partial charge in [-0.15, -0.1) is 0 Å². The average molecular weight is 330 g/mol. The molecule has 1 aromatic heterocycles. The van der Waals surface area contributed by atoms with Crippen LogP contribution >= 0.6 is 12.2 Å². The number of pyridine rings is 1. The Hall–Kier alpha value is -1.09. The third kappa shape index (κ3) is 4.19. The summed E-state index contributed by atoms with van der Waals surface area (Å²) in [6.07, 6.45) is 1.48. The van der Waals surface area contributed by atoms with Gasteiger partial charge in [0.1, 0.15) is 15.6 Å². The van der Waals surface area contributed by atoms with E-state index in [1.54, 1.807) is 13.0 Å². The molecule has 1 rings (SSSR count). The molecular formula is C13H22N4O2S2. The first kappa shape index (κ1) is 18.0. The van der Waals surface area contributed by atoms with Crippen molar-refractivity contribution in [1.29, 1.82) is 0 Å². The van der Waals surface area contributed by atoms with Gasteiger partial charge in [0.2, 0.25) is 10.0 Å². The highest BCUT2D eigenvalue weighted by molar-refractivity contribution is 7.89. The van der Waals surface area contributed by atoms with Crippen molar-refractivity contribution in [3.05, 3.63) is 24.0 Å². The summed E-state index contributed by atoms with van der Waals surface area (Å²) in [5.41, 5.74) is 5.73. The average Bonchev–Trinajstić information content (AvgIpc) is 2.38. The van der Waals surface area contributed by atoms with Gasteiger partial charge in [-0.3, -0.25) is 4.98 Å². The number of likely N-dealkylation sites (N-methyl/N-ethyl adjacent to an activating group) is 2. The lowest BCUT2D eigenvalue weighted by molar-refractivity contribution is 0.271. The van der Waals surface area contributed by atoms with E-state index in [0.29, 0.717) is 13.1 Å². The summed E-state index contributed by atoms with van der Waals surface area (Å²) in [5, 5.41) is 0. The molecule has 0 aromatic carbocycles. The zero-order valence-corrected chi connectivity index (χ0v) is 14.4. The smallest absolute Gasteiger partial charge is 0.245 e. The first-order chi connectivity index (χ1) is 9.71. The molecule has 0 aliphatic heterocycles. The fourth-order valence-corrected chi connectivity index (χ4v) is 4.27. The van der Waals surface area contributed by atoms with Crippen LogP contribution in [0.3, 0.4) is 0 Å². The monoisotopic (exact) mass is 330 g/mol. The molecule has 0 spiro atoms. The number of nitrogens with two attached hydrogens (primary N) is 1. The van der Waals surface area contributed by atoms with Crippen LogP contribution in [0.1, 0.15) is 19.5 Å². The minimum Gasteiger partial charge on any atom is -0.388 e. The van der Waals surface area contributed by atoms with Gasteiger partial charge < -0.3 is 10.6 Å². The van der Waals surface area contributed by atoms with Gasteiger partial charge in [0.05, 0.1) is 0 Å². The number of hydrogen-bond acceptors (Lipinski definition) is 5. The molecule has 1 heterocycles. The van der Waals surface area contributed by atoms with E-state index in [-0.39, 0.29) is 21.6 Å². The molecule has 1 aromatic rings. The van der Waals surface area contributed by atoms with E-state index < -0.39 is 10.0 Å². The minimum absolute atomic E-state index is 0.0227. The van der Waals surface area contributed by atoms with Crippen LogP contribution in [0.2, 0.25) is 0 Å². The highest BCUT2D eigenvalue weighted by Crippen LogP contribution is 2.20. The second-order valence-corrected chi connectivity index (χ2v) is 7.33. The second kappa shape index (κ2) is 7.26. The second-order valence-electron chi connectivity index (χ2n) is 5.03. The third-order valence-electron chi connectivity index (χ3n) is 3.02. The summed E-state index contributed by atoms with van der Waals surface area (Å²) >= 11 is 4.90. The first-order valence-corrected chi connectivity index (χ1v) is 8.48. The van der Waals surface area contributed by atoms with Crippen molar-refractivity contribution in [1.82, 2.24) is 14.2 Å². The SMILES string of the molecule is CCN(C(C)CN(C)C)S(=O)(=O)c1cccnc1C(N)=S. The lowest BCUT2D eigenvalue weighted by atomic mass is 10.3. The molecule has 2 N–H and O–H groups in total. The van der Waals surface area contributed by atoms with E-state index in [9.17, 15) is 8.42 Å². The van der Waals surface area contributed by atoms with Gasteiger partial charge in [-0.05, 0) is 33.2 Å². The normalized spacial score (nSPS) is 13.6. The summed E-state index contributed by atoms with van der Waals surface area (Å²) in [5.74, 6) is 0. The third-order valence-corrected chi connectivity index (χ3v) is 5.34. The molecule has 0 saturated carbocycles. The summed E-state index contributed by atoms with van der Waals surface area (Å²) in [6.45, 7) is 4.66. The Morgan fingerprint density at radius 2 is 2.10 bits per heavy atom. The Kier molecular flexibility index (Phi) is 6.21. The fraction of sp³-hybridized carbons (Fsp3) is 0.538. The molecule has 0 aliphatic rings. The van der Waals surface area contributed by atoms with E-state index >= 15 is 0 Å². The number of sulfonamides is 1. The summed E-state index contributed by atoms with van der Waals surface area (Å²) < 4.78 is 27.2. The summed E-state index contributed by atoms with van der Waals surface area (Å²) in [4.78, 5) is 5.98. The predicted molar refractivity (Wildman–Crippen MR) is 87.7 cm³/mol. The van der Waals surface area contributed by atoms with E-state index in [1.165, 1.54) is 16.6 Å². The topological polar surface area (TPSA) is 79.5 Å². The highest BCUT2D eigenvalue weighted by atomic mass is 32.2. The van der Waals surface area contributed by atoms with E-state index in [0.717, 1.165) is 0 Å². The Morgan fingerprint density at radius 1 is 1.48 bits per heavy atom. The maximum atomic E-state index is 12.9. The Labute approximate surface area is 132 Å². The molecule has 118 valence electrons. The lowest BCUT2D eigenvalue weighted by Crippen LogP contribution is -2.44. The van der Waals surface area contributed by atoms with Gasteiger partial charge in [0.15, 0.2) is 0 Å². The number of thiocarbonyl (C=S) groups is 1. The van der Waals surface area contributed by atoms with Gasteiger partial charge in [-0.1, -0.05) is 19.1 Å². The van der Waals surface area contributed by atoms with Gasteiger partial charge >= 0.3 is 0 Å². The van der Waals surface area contributed by atoms with Gasteiger partial charge in [-0.2, -0.15) is 4.31 Å². The van der Waals surface area contributed by atoms with Crippen molar-refractivity contribution < 1.29 is 8.42 Å². The molecule has 1 unspecified atom stereocenters. The predicted octanol–water partition coefficient (Wildman–Crippen LogP) is 0.677. The summed E-state index contributed by atoms with van der Waals surface area (Å²) in [7, 11) is 0.113. The Morgan fingerprint density at radius 3 is 2.57 bits per heavy atom. The van der Waals surface area contributed by atoms with Crippen molar-refractivity contribution in [2.75, 3.05) is 27.2 Å². The minimum atomic E-state index is -3.69. The number of rotatable bonds is 7. The molecular weight excluding hydrogens is 308 g/mol. The van der Waals surface area contributed by atoms with Crippen molar-refractivity contribution in [2.24, 2.45) is 5.73 Å². The van der Waals surface area contributed by atoms with Crippen molar-refractivity contribution in [2.45, 2.75) is 24.8 Å². The van der Waals surface area contributed by atoms with Crippen molar-refractivity contribution >= 4 is 27.2 Å². The quantitative estimate of drug-likeness (QED) is 0.741. The highest BCUT2D eigenvalue weighted by Gasteiger charge is 2.30. The molecule has 8 heteroatoms. The number of nitrogens with zero attached hydrogens (tertiary/aromatic N) is 3.